The standard InChI is InChI=1S/C50H88O6/c1-4-7-10-13-16-19-21-23-24-25-27-28-31-34-37-40-43-49(52)55-46-47(45-54-48(51)42-39-36-33-30-18-15-12-9-6-3)56-50(53)44-41-38-35-32-29-26-22-20-17-14-11-8-5-2/h7,10,16,19,23-24,27-28,47H,4-6,8-9,11-15,17-18,20-22,25-26,29-46H2,1-3H3/b10-7-,19-16-,24-23-,28-27-. The van der Waals surface area contributed by atoms with Gasteiger partial charge in [0.2, 0.25) is 0 Å². The molecule has 1 unspecified atom stereocenters. The molecule has 324 valence electrons. The number of esters is 3. The summed E-state index contributed by atoms with van der Waals surface area (Å²) in [7, 11) is 0. The van der Waals surface area contributed by atoms with Gasteiger partial charge in [0, 0.05) is 19.3 Å². The third-order valence-corrected chi connectivity index (χ3v) is 10.1. The molecule has 0 aliphatic heterocycles. The fraction of sp³-hybridized carbons (Fsp3) is 0.780. The van der Waals surface area contributed by atoms with Crippen molar-refractivity contribution in [2.45, 2.75) is 239 Å². The van der Waals surface area contributed by atoms with E-state index in [1.807, 2.05) is 0 Å². The van der Waals surface area contributed by atoms with Crippen LogP contribution in [0.2, 0.25) is 0 Å². The highest BCUT2D eigenvalue weighted by molar-refractivity contribution is 5.71. The average molecular weight is 785 g/mol. The number of carbonyl (C=O) groups is 3. The molecule has 0 spiro atoms. The van der Waals surface area contributed by atoms with E-state index in [0.717, 1.165) is 89.9 Å². The number of hydrogen-bond donors (Lipinski definition) is 0. The molecule has 6 nitrogen and oxygen atoms in total. The summed E-state index contributed by atoms with van der Waals surface area (Å²) in [5, 5.41) is 0. The molecule has 0 aromatic rings. The van der Waals surface area contributed by atoms with Gasteiger partial charge in [-0.3, -0.25) is 14.4 Å². The zero-order valence-corrected chi connectivity index (χ0v) is 36.9. The molecule has 0 N–H and O–H groups in total. The van der Waals surface area contributed by atoms with Crippen molar-refractivity contribution in [3.8, 4) is 0 Å². The molecule has 0 rings (SSSR count). The van der Waals surface area contributed by atoms with Crippen LogP contribution in [0.15, 0.2) is 48.6 Å². The lowest BCUT2D eigenvalue weighted by atomic mass is 10.0. The lowest BCUT2D eigenvalue weighted by Gasteiger charge is -2.18. The van der Waals surface area contributed by atoms with E-state index >= 15 is 0 Å². The predicted molar refractivity (Wildman–Crippen MR) is 238 cm³/mol. The molecular weight excluding hydrogens is 697 g/mol. The van der Waals surface area contributed by atoms with E-state index in [0.29, 0.717) is 19.3 Å². The maximum Gasteiger partial charge on any atom is 0.306 e. The van der Waals surface area contributed by atoms with Crippen LogP contribution in [0.1, 0.15) is 233 Å². The van der Waals surface area contributed by atoms with E-state index < -0.39 is 6.10 Å². The number of rotatable bonds is 42. The molecule has 0 aromatic carbocycles. The number of allylic oxidation sites excluding steroid dienone is 8. The summed E-state index contributed by atoms with van der Waals surface area (Å²) < 4.78 is 16.7. The predicted octanol–water partition coefficient (Wildman–Crippen LogP) is 15.1. The van der Waals surface area contributed by atoms with E-state index in [1.165, 1.54) is 103 Å². The normalized spacial score (nSPS) is 12.4. The quantitative estimate of drug-likeness (QED) is 0.0265. The van der Waals surface area contributed by atoms with Gasteiger partial charge in [0.05, 0.1) is 0 Å². The average Bonchev–Trinajstić information content (AvgIpc) is 3.19. The summed E-state index contributed by atoms with van der Waals surface area (Å²) in [5.74, 6) is -0.912. The minimum Gasteiger partial charge on any atom is -0.462 e. The molecule has 0 fully saturated rings. The van der Waals surface area contributed by atoms with Gasteiger partial charge in [-0.15, -0.1) is 0 Å². The van der Waals surface area contributed by atoms with Crippen LogP contribution in [0, 0.1) is 0 Å². The zero-order valence-electron chi connectivity index (χ0n) is 36.9. The van der Waals surface area contributed by atoms with Crippen LogP contribution in [0.4, 0.5) is 0 Å². The Balaban J connectivity index is 4.39. The number of ether oxygens (including phenoxy) is 3. The topological polar surface area (TPSA) is 78.9 Å². The summed E-state index contributed by atoms with van der Waals surface area (Å²) in [6.07, 6.45) is 52.4. The summed E-state index contributed by atoms with van der Waals surface area (Å²) >= 11 is 0. The lowest BCUT2D eigenvalue weighted by molar-refractivity contribution is -0.167. The number of hydrogen-bond acceptors (Lipinski definition) is 6. The molecule has 0 aromatic heterocycles. The van der Waals surface area contributed by atoms with Gasteiger partial charge < -0.3 is 14.2 Å². The first kappa shape index (κ1) is 53.4. The highest BCUT2D eigenvalue weighted by Crippen LogP contribution is 2.15. The number of unbranched alkanes of at least 4 members (excludes halogenated alkanes) is 23. The Hall–Kier alpha value is -2.63. The van der Waals surface area contributed by atoms with E-state index in [-0.39, 0.29) is 31.1 Å². The minimum atomic E-state index is -0.779. The Kier molecular flexibility index (Phi) is 43.0. The molecule has 0 radical (unpaired) electrons. The van der Waals surface area contributed by atoms with Crippen molar-refractivity contribution in [3.05, 3.63) is 48.6 Å². The van der Waals surface area contributed by atoms with Gasteiger partial charge in [-0.25, -0.2) is 0 Å². The third kappa shape index (κ3) is 42.5. The van der Waals surface area contributed by atoms with Crippen molar-refractivity contribution in [1.82, 2.24) is 0 Å². The highest BCUT2D eigenvalue weighted by atomic mass is 16.6. The third-order valence-electron chi connectivity index (χ3n) is 10.1. The molecule has 6 heteroatoms. The van der Waals surface area contributed by atoms with Crippen molar-refractivity contribution >= 4 is 17.9 Å². The highest BCUT2D eigenvalue weighted by Gasteiger charge is 2.19. The second-order valence-electron chi connectivity index (χ2n) is 15.6. The van der Waals surface area contributed by atoms with Crippen molar-refractivity contribution in [3.63, 3.8) is 0 Å². The second kappa shape index (κ2) is 45.1. The molecule has 0 heterocycles. The first-order valence-electron chi connectivity index (χ1n) is 23.6. The van der Waals surface area contributed by atoms with Crippen molar-refractivity contribution in [1.29, 1.82) is 0 Å². The molecule has 0 saturated heterocycles. The van der Waals surface area contributed by atoms with Gasteiger partial charge >= 0.3 is 17.9 Å². The van der Waals surface area contributed by atoms with Crippen molar-refractivity contribution in [2.24, 2.45) is 0 Å². The maximum absolute atomic E-state index is 12.7. The molecule has 0 saturated carbocycles. The monoisotopic (exact) mass is 785 g/mol. The first-order chi connectivity index (χ1) is 27.5. The van der Waals surface area contributed by atoms with E-state index in [1.54, 1.807) is 0 Å². The van der Waals surface area contributed by atoms with E-state index in [4.69, 9.17) is 14.2 Å². The largest absolute Gasteiger partial charge is 0.462 e. The van der Waals surface area contributed by atoms with Crippen LogP contribution in [-0.4, -0.2) is 37.2 Å². The Bertz CT molecular complexity index is 996. The Morgan fingerprint density at radius 2 is 0.696 bits per heavy atom. The van der Waals surface area contributed by atoms with Crippen molar-refractivity contribution in [2.75, 3.05) is 13.2 Å². The van der Waals surface area contributed by atoms with Gasteiger partial charge in [-0.2, -0.15) is 0 Å². The Morgan fingerprint density at radius 1 is 0.375 bits per heavy atom. The smallest absolute Gasteiger partial charge is 0.306 e. The van der Waals surface area contributed by atoms with Gasteiger partial charge in [-0.05, 0) is 57.8 Å². The maximum atomic E-state index is 12.7. The van der Waals surface area contributed by atoms with Crippen LogP contribution < -0.4 is 0 Å². The van der Waals surface area contributed by atoms with Gasteiger partial charge in [0.15, 0.2) is 6.10 Å². The lowest BCUT2D eigenvalue weighted by Crippen LogP contribution is -2.30. The van der Waals surface area contributed by atoms with Gasteiger partial charge in [-0.1, -0.05) is 204 Å². The Labute approximate surface area is 346 Å². The molecule has 0 aliphatic carbocycles. The molecule has 56 heavy (non-hydrogen) atoms. The summed E-state index contributed by atoms with van der Waals surface area (Å²) in [6, 6.07) is 0. The van der Waals surface area contributed by atoms with Crippen LogP contribution >= 0.6 is 0 Å². The van der Waals surface area contributed by atoms with Gasteiger partial charge in [0.25, 0.3) is 0 Å². The molecule has 1 atom stereocenters. The fourth-order valence-electron chi connectivity index (χ4n) is 6.55. The number of carbonyl (C=O) groups excluding carboxylic acids is 3. The van der Waals surface area contributed by atoms with Crippen LogP contribution in [0.25, 0.3) is 0 Å². The second-order valence-corrected chi connectivity index (χ2v) is 15.6. The summed E-state index contributed by atoms with van der Waals surface area (Å²) in [4.78, 5) is 37.7. The fourth-order valence-corrected chi connectivity index (χ4v) is 6.55. The zero-order chi connectivity index (χ0) is 40.8. The van der Waals surface area contributed by atoms with Crippen LogP contribution in [-0.2, 0) is 28.6 Å². The molecule has 0 aliphatic rings. The molecular formula is C50H88O6. The van der Waals surface area contributed by atoms with Crippen LogP contribution in [0.3, 0.4) is 0 Å². The minimum absolute atomic E-state index is 0.0806. The summed E-state index contributed by atoms with van der Waals surface area (Å²) in [6.45, 7) is 6.47. The van der Waals surface area contributed by atoms with E-state index in [2.05, 4.69) is 69.4 Å². The SMILES string of the molecule is CC/C=C\C/C=C\C/C=C\C/C=C\CCCCCC(=O)OCC(COC(=O)CCCCCCCCCCC)OC(=O)CCCCCCCCCCCCCCC. The van der Waals surface area contributed by atoms with Crippen molar-refractivity contribution < 1.29 is 28.6 Å². The Morgan fingerprint density at radius 3 is 1.09 bits per heavy atom. The summed E-state index contributed by atoms with van der Waals surface area (Å²) in [5.41, 5.74) is 0. The molecule has 0 amide bonds. The van der Waals surface area contributed by atoms with E-state index in [9.17, 15) is 14.4 Å². The van der Waals surface area contributed by atoms with Gasteiger partial charge in [0.1, 0.15) is 13.2 Å². The first-order valence-corrected chi connectivity index (χ1v) is 23.6. The van der Waals surface area contributed by atoms with Crippen LogP contribution in [0.5, 0.6) is 0 Å². The molecule has 0 bridgehead atoms.